The number of fused-ring (bicyclic) bond motifs is 6. The van der Waals surface area contributed by atoms with Gasteiger partial charge in [-0.1, -0.05) is 0 Å². The summed E-state index contributed by atoms with van der Waals surface area (Å²) >= 11 is 0. The molecule has 0 amide bonds. The molecule has 0 bridgehead atoms. The van der Waals surface area contributed by atoms with E-state index in [4.69, 9.17) is 0 Å². The van der Waals surface area contributed by atoms with E-state index in [1.54, 1.807) is 0 Å². The highest BCUT2D eigenvalue weighted by Crippen LogP contribution is 2.37. The molecule has 4 heteroatoms. The van der Waals surface area contributed by atoms with Gasteiger partial charge in [0.05, 0.1) is 5.69 Å². The van der Waals surface area contributed by atoms with Gasteiger partial charge in [0.15, 0.2) is 0 Å². The van der Waals surface area contributed by atoms with Gasteiger partial charge in [0.1, 0.15) is 5.69 Å². The molecule has 21 heavy (non-hydrogen) atoms. The van der Waals surface area contributed by atoms with Crippen molar-refractivity contribution in [3.63, 3.8) is 0 Å². The molecule has 0 unspecified atom stereocenters. The third kappa shape index (κ3) is 1.42. The van der Waals surface area contributed by atoms with E-state index in [1.165, 1.54) is 50.7 Å². The van der Waals surface area contributed by atoms with Crippen LogP contribution in [-0.2, 0) is 12.8 Å². The van der Waals surface area contributed by atoms with Crippen molar-refractivity contribution in [3.8, 4) is 11.4 Å². The molecule has 4 nitrogen and oxygen atoms in total. The standard InChI is InChI=1S/C17H16N4/c1-9-11-3-2-4-12-13-7-10-5-6-18-14(10)8-15(13)19-16(12)17(11)21-20-9/h5-8,18-19H,2-4H2,1H3,(H,20,21). The molecule has 3 N–H and O–H groups in total. The van der Waals surface area contributed by atoms with E-state index in [9.17, 15) is 0 Å². The summed E-state index contributed by atoms with van der Waals surface area (Å²) in [6.07, 6.45) is 5.39. The molecule has 0 spiro atoms. The number of H-pyrrole nitrogens is 3. The molecule has 1 aliphatic carbocycles. The molecule has 1 aliphatic rings. The monoisotopic (exact) mass is 276 g/mol. The van der Waals surface area contributed by atoms with Crippen LogP contribution in [0.15, 0.2) is 24.4 Å². The summed E-state index contributed by atoms with van der Waals surface area (Å²) in [5, 5.41) is 10.3. The summed E-state index contributed by atoms with van der Waals surface area (Å²) in [7, 11) is 0. The van der Waals surface area contributed by atoms with Crippen LogP contribution in [-0.4, -0.2) is 20.2 Å². The van der Waals surface area contributed by atoms with Crippen LogP contribution in [0.3, 0.4) is 0 Å². The Bertz CT molecular complexity index is 983. The van der Waals surface area contributed by atoms with Gasteiger partial charge in [-0.25, -0.2) is 0 Å². The fraction of sp³-hybridized carbons (Fsp3) is 0.235. The van der Waals surface area contributed by atoms with Gasteiger partial charge >= 0.3 is 0 Å². The maximum atomic E-state index is 4.55. The Kier molecular flexibility index (Phi) is 2.02. The third-order valence-corrected chi connectivity index (χ3v) is 4.74. The van der Waals surface area contributed by atoms with Gasteiger partial charge in [0, 0.05) is 39.3 Å². The Morgan fingerprint density at radius 2 is 2.00 bits per heavy atom. The first-order valence-corrected chi connectivity index (χ1v) is 7.47. The molecule has 0 saturated heterocycles. The highest BCUT2D eigenvalue weighted by molar-refractivity contribution is 6.00. The summed E-state index contributed by atoms with van der Waals surface area (Å²) in [6.45, 7) is 2.11. The summed E-state index contributed by atoms with van der Waals surface area (Å²) in [5.41, 5.74) is 8.67. The van der Waals surface area contributed by atoms with E-state index < -0.39 is 0 Å². The van der Waals surface area contributed by atoms with Gasteiger partial charge in [0.25, 0.3) is 0 Å². The maximum Gasteiger partial charge on any atom is 0.112 e. The van der Waals surface area contributed by atoms with Crippen molar-refractivity contribution in [1.29, 1.82) is 0 Å². The predicted octanol–water partition coefficient (Wildman–Crippen LogP) is 3.84. The van der Waals surface area contributed by atoms with E-state index in [-0.39, 0.29) is 0 Å². The predicted molar refractivity (Wildman–Crippen MR) is 84.5 cm³/mol. The summed E-state index contributed by atoms with van der Waals surface area (Å²) < 4.78 is 0. The van der Waals surface area contributed by atoms with Crippen molar-refractivity contribution in [2.45, 2.75) is 26.2 Å². The zero-order chi connectivity index (χ0) is 14.0. The van der Waals surface area contributed by atoms with Crippen molar-refractivity contribution in [2.24, 2.45) is 0 Å². The van der Waals surface area contributed by atoms with Gasteiger partial charge in [-0.2, -0.15) is 5.10 Å². The van der Waals surface area contributed by atoms with Crippen molar-refractivity contribution >= 4 is 21.8 Å². The van der Waals surface area contributed by atoms with Crippen molar-refractivity contribution in [2.75, 3.05) is 0 Å². The number of aromatic nitrogens is 4. The van der Waals surface area contributed by atoms with Crippen LogP contribution in [0.4, 0.5) is 0 Å². The summed E-state index contributed by atoms with van der Waals surface area (Å²) in [4.78, 5) is 6.89. The van der Waals surface area contributed by atoms with Crippen LogP contribution < -0.4 is 0 Å². The Balaban J connectivity index is 1.89. The molecule has 0 aliphatic heterocycles. The lowest BCUT2D eigenvalue weighted by atomic mass is 10.0. The van der Waals surface area contributed by atoms with E-state index in [0.717, 1.165) is 18.5 Å². The first-order valence-electron chi connectivity index (χ1n) is 7.47. The average molecular weight is 276 g/mol. The molecule has 0 radical (unpaired) electrons. The second kappa shape index (κ2) is 3.79. The number of benzene rings is 1. The van der Waals surface area contributed by atoms with E-state index in [0.29, 0.717) is 0 Å². The van der Waals surface area contributed by atoms with Crippen LogP contribution in [0.25, 0.3) is 33.2 Å². The van der Waals surface area contributed by atoms with Crippen LogP contribution in [0.5, 0.6) is 0 Å². The first kappa shape index (κ1) is 11.2. The number of nitrogens with zero attached hydrogens (tertiary/aromatic N) is 1. The minimum absolute atomic E-state index is 1.11. The van der Waals surface area contributed by atoms with Gasteiger partial charge in [-0.05, 0) is 49.9 Å². The lowest BCUT2D eigenvalue weighted by molar-refractivity contribution is 0.832. The van der Waals surface area contributed by atoms with Gasteiger partial charge in [-0.3, -0.25) is 5.10 Å². The number of aromatic amines is 3. The highest BCUT2D eigenvalue weighted by Gasteiger charge is 2.22. The number of aryl methyl sites for hydroxylation is 2. The van der Waals surface area contributed by atoms with Crippen LogP contribution in [0, 0.1) is 6.92 Å². The lowest BCUT2D eigenvalue weighted by Crippen LogP contribution is -1.87. The van der Waals surface area contributed by atoms with Crippen LogP contribution in [0.1, 0.15) is 23.2 Å². The Hall–Kier alpha value is -2.49. The fourth-order valence-corrected chi connectivity index (χ4v) is 3.67. The minimum Gasteiger partial charge on any atom is -0.361 e. The Morgan fingerprint density at radius 3 is 2.95 bits per heavy atom. The van der Waals surface area contributed by atoms with Crippen LogP contribution in [0.2, 0.25) is 0 Å². The largest absolute Gasteiger partial charge is 0.361 e. The number of hydrogen-bond donors (Lipinski definition) is 3. The Morgan fingerprint density at radius 1 is 1.10 bits per heavy atom. The SMILES string of the molecule is Cc1[nH]nc2c1CCCc1c-2[nH]c2cc3[nH]ccc3cc12. The molecular formula is C17H16N4. The maximum absolute atomic E-state index is 4.55. The fourth-order valence-electron chi connectivity index (χ4n) is 3.67. The molecule has 5 rings (SSSR count). The molecule has 4 aromatic rings. The molecule has 3 heterocycles. The molecule has 3 aromatic heterocycles. The number of rotatable bonds is 0. The lowest BCUT2D eigenvalue weighted by Gasteiger charge is -1.98. The molecule has 104 valence electrons. The summed E-state index contributed by atoms with van der Waals surface area (Å²) in [6, 6.07) is 6.63. The van der Waals surface area contributed by atoms with Crippen molar-refractivity contribution in [1.82, 2.24) is 20.2 Å². The third-order valence-electron chi connectivity index (χ3n) is 4.74. The Labute approximate surface area is 121 Å². The zero-order valence-corrected chi connectivity index (χ0v) is 11.9. The molecule has 0 fully saturated rings. The van der Waals surface area contributed by atoms with Crippen molar-refractivity contribution < 1.29 is 0 Å². The van der Waals surface area contributed by atoms with Crippen molar-refractivity contribution in [3.05, 3.63) is 41.2 Å². The minimum atomic E-state index is 1.11. The van der Waals surface area contributed by atoms with E-state index in [2.05, 4.69) is 45.3 Å². The number of nitrogens with one attached hydrogen (secondary N) is 3. The quantitative estimate of drug-likeness (QED) is 0.449. The molecule has 0 saturated carbocycles. The van der Waals surface area contributed by atoms with Gasteiger partial charge in [0.2, 0.25) is 0 Å². The first-order chi connectivity index (χ1) is 10.3. The second-order valence-electron chi connectivity index (χ2n) is 5.97. The zero-order valence-electron chi connectivity index (χ0n) is 11.9. The van der Waals surface area contributed by atoms with Gasteiger partial charge in [-0.15, -0.1) is 0 Å². The topological polar surface area (TPSA) is 60.3 Å². The molecule has 0 atom stereocenters. The summed E-state index contributed by atoms with van der Waals surface area (Å²) in [5.74, 6) is 0. The molecular weight excluding hydrogens is 260 g/mol. The highest BCUT2D eigenvalue weighted by atomic mass is 15.1. The van der Waals surface area contributed by atoms with E-state index in [1.807, 2.05) is 6.20 Å². The number of hydrogen-bond acceptors (Lipinski definition) is 1. The van der Waals surface area contributed by atoms with Crippen LogP contribution >= 0.6 is 0 Å². The van der Waals surface area contributed by atoms with E-state index >= 15 is 0 Å². The van der Waals surface area contributed by atoms with Gasteiger partial charge < -0.3 is 9.97 Å². The average Bonchev–Trinajstić information content (AvgIpc) is 3.13. The smallest absolute Gasteiger partial charge is 0.112 e. The second-order valence-corrected chi connectivity index (χ2v) is 5.97. The normalized spacial score (nSPS) is 14.3. The molecule has 1 aromatic carbocycles.